The van der Waals surface area contributed by atoms with E-state index in [9.17, 15) is 4.79 Å². The maximum Gasteiger partial charge on any atom is 0.237 e. The van der Waals surface area contributed by atoms with Crippen molar-refractivity contribution in [2.75, 3.05) is 12.4 Å². The largest absolute Gasteiger partial charge is 0.497 e. The first-order chi connectivity index (χ1) is 15.8. The fourth-order valence-corrected chi connectivity index (χ4v) is 4.67. The zero-order chi connectivity index (χ0) is 23.2. The Morgan fingerprint density at radius 3 is 2.94 bits per heavy atom. The molecule has 170 valence electrons. The molecule has 0 fully saturated rings. The number of hydrogen-bond donors (Lipinski definition) is 1. The molecule has 1 aromatic carbocycles. The van der Waals surface area contributed by atoms with Crippen LogP contribution in [0.15, 0.2) is 46.1 Å². The number of methoxy groups -OCH3 is 1. The number of carbonyl (C=O) groups is 1. The number of aromatic nitrogens is 3. The van der Waals surface area contributed by atoms with E-state index in [2.05, 4.69) is 29.1 Å². The quantitative estimate of drug-likeness (QED) is 0.334. The van der Waals surface area contributed by atoms with E-state index in [1.807, 2.05) is 31.2 Å². The van der Waals surface area contributed by atoms with E-state index in [-0.39, 0.29) is 11.5 Å². The summed E-state index contributed by atoms with van der Waals surface area (Å²) >= 11 is 1.32. The first-order valence-corrected chi connectivity index (χ1v) is 11.5. The lowest BCUT2D eigenvalue weighted by Crippen LogP contribution is -2.32. The highest BCUT2D eigenvalue weighted by atomic mass is 32.2. The van der Waals surface area contributed by atoms with Gasteiger partial charge in [-0.15, -0.1) is 0 Å². The number of pyridine rings is 1. The smallest absolute Gasteiger partial charge is 0.237 e. The minimum atomic E-state index is -0.419. The minimum absolute atomic E-state index is 0.149. The number of ether oxygens (including phenoxy) is 2. The number of thioether (sulfide) groups is 1. The van der Waals surface area contributed by atoms with Crippen molar-refractivity contribution in [2.45, 2.75) is 49.7 Å². The fourth-order valence-electron chi connectivity index (χ4n) is 3.81. The molecular weight excluding hydrogens is 440 g/mol. The summed E-state index contributed by atoms with van der Waals surface area (Å²) < 4.78 is 17.3. The van der Waals surface area contributed by atoms with Crippen LogP contribution in [0.25, 0.3) is 22.2 Å². The Labute approximate surface area is 195 Å². The predicted octanol–water partition coefficient (Wildman–Crippen LogP) is 4.75. The lowest BCUT2D eigenvalue weighted by molar-refractivity contribution is -0.115. The van der Waals surface area contributed by atoms with Crippen LogP contribution in [0.4, 0.5) is 5.69 Å². The number of fused-ring (bicyclic) bond motifs is 4. The Kier molecular flexibility index (Phi) is 5.46. The van der Waals surface area contributed by atoms with Crippen molar-refractivity contribution < 1.29 is 18.7 Å². The molecule has 4 aromatic rings. The zero-order valence-electron chi connectivity index (χ0n) is 18.8. The van der Waals surface area contributed by atoms with Gasteiger partial charge < -0.3 is 19.2 Å². The number of furan rings is 1. The third kappa shape index (κ3) is 4.26. The summed E-state index contributed by atoms with van der Waals surface area (Å²) in [6.07, 6.45) is 2.20. The molecule has 1 N–H and O–H groups in total. The van der Waals surface area contributed by atoms with E-state index in [1.165, 1.54) is 18.1 Å². The van der Waals surface area contributed by atoms with Crippen molar-refractivity contribution in [1.29, 1.82) is 0 Å². The van der Waals surface area contributed by atoms with Crippen LogP contribution in [0.3, 0.4) is 0 Å². The molecule has 0 spiro atoms. The van der Waals surface area contributed by atoms with Gasteiger partial charge in [0.25, 0.3) is 0 Å². The van der Waals surface area contributed by atoms with Crippen LogP contribution in [0.1, 0.15) is 32.0 Å². The Balaban J connectivity index is 1.42. The van der Waals surface area contributed by atoms with E-state index in [1.54, 1.807) is 13.2 Å². The van der Waals surface area contributed by atoms with Gasteiger partial charge in [0.1, 0.15) is 22.6 Å². The van der Waals surface area contributed by atoms with Gasteiger partial charge in [-0.05, 0) is 39.0 Å². The molecule has 9 heteroatoms. The molecular formula is C24H24N4O4S. The third-order valence-corrected chi connectivity index (χ3v) is 6.67. The van der Waals surface area contributed by atoms with E-state index < -0.39 is 5.25 Å². The molecule has 0 radical (unpaired) electrons. The summed E-state index contributed by atoms with van der Waals surface area (Å²) in [5.41, 5.74) is 4.18. The number of rotatable bonds is 5. The number of amides is 1. The highest BCUT2D eigenvalue weighted by Crippen LogP contribution is 2.36. The summed E-state index contributed by atoms with van der Waals surface area (Å²) in [7, 11) is 1.59. The van der Waals surface area contributed by atoms with Gasteiger partial charge in [-0.3, -0.25) is 4.79 Å². The second-order valence-corrected chi connectivity index (χ2v) is 9.94. The fraction of sp³-hybridized carbons (Fsp3) is 0.333. The van der Waals surface area contributed by atoms with Gasteiger partial charge in [0.15, 0.2) is 5.58 Å². The molecule has 1 amide bonds. The topological polar surface area (TPSA) is 99.4 Å². The normalized spacial score (nSPS) is 15.9. The zero-order valence-corrected chi connectivity index (χ0v) is 19.7. The van der Waals surface area contributed by atoms with Gasteiger partial charge in [-0.2, -0.15) is 0 Å². The summed E-state index contributed by atoms with van der Waals surface area (Å²) in [5, 5.41) is 3.92. The Bertz CT molecular complexity index is 1370. The summed E-state index contributed by atoms with van der Waals surface area (Å²) in [4.78, 5) is 26.4. The highest BCUT2D eigenvalue weighted by Gasteiger charge is 2.29. The molecule has 0 saturated heterocycles. The first-order valence-electron chi connectivity index (χ1n) is 10.6. The van der Waals surface area contributed by atoms with Crippen LogP contribution in [0.2, 0.25) is 0 Å². The molecule has 1 atom stereocenters. The van der Waals surface area contributed by atoms with Crippen LogP contribution in [-0.4, -0.2) is 38.8 Å². The second kappa shape index (κ2) is 8.31. The number of carbonyl (C=O) groups excluding carboxylic acids is 1. The van der Waals surface area contributed by atoms with Gasteiger partial charge in [-0.1, -0.05) is 17.8 Å². The lowest BCUT2D eigenvalue weighted by atomic mass is 9.95. The van der Waals surface area contributed by atoms with Crippen LogP contribution in [-0.2, 0) is 22.6 Å². The van der Waals surface area contributed by atoms with Crippen molar-refractivity contribution in [1.82, 2.24) is 15.0 Å². The number of hydrogen-bond acceptors (Lipinski definition) is 8. The Morgan fingerprint density at radius 1 is 1.27 bits per heavy atom. The number of nitrogens with zero attached hydrogens (tertiary/aromatic N) is 3. The summed E-state index contributed by atoms with van der Waals surface area (Å²) in [6, 6.07) is 9.28. The van der Waals surface area contributed by atoms with E-state index in [0.717, 1.165) is 16.6 Å². The highest BCUT2D eigenvalue weighted by molar-refractivity contribution is 8.00. The summed E-state index contributed by atoms with van der Waals surface area (Å²) in [5.74, 6) is 0.529. The van der Waals surface area contributed by atoms with E-state index >= 15 is 0 Å². The SMILES string of the molecule is COc1cccc(NC(=O)[C@@H](C)Sc2ncnc3c2oc2nc4c(cc23)COC(C)(C)C4)c1. The van der Waals surface area contributed by atoms with Crippen LogP contribution >= 0.6 is 11.8 Å². The molecule has 33 heavy (non-hydrogen) atoms. The average molecular weight is 465 g/mol. The monoisotopic (exact) mass is 464 g/mol. The number of nitrogens with one attached hydrogen (secondary N) is 1. The minimum Gasteiger partial charge on any atom is -0.497 e. The molecule has 1 aliphatic heterocycles. The lowest BCUT2D eigenvalue weighted by Gasteiger charge is -2.30. The van der Waals surface area contributed by atoms with Crippen molar-refractivity contribution in [2.24, 2.45) is 0 Å². The molecule has 5 rings (SSSR count). The van der Waals surface area contributed by atoms with Gasteiger partial charge in [-0.25, -0.2) is 15.0 Å². The van der Waals surface area contributed by atoms with Gasteiger partial charge >= 0.3 is 0 Å². The first kappa shape index (κ1) is 21.7. The number of benzene rings is 1. The van der Waals surface area contributed by atoms with Crippen LogP contribution in [0.5, 0.6) is 5.75 Å². The summed E-state index contributed by atoms with van der Waals surface area (Å²) in [6.45, 7) is 6.44. The van der Waals surface area contributed by atoms with Crippen molar-refractivity contribution >= 4 is 45.6 Å². The predicted molar refractivity (Wildman–Crippen MR) is 127 cm³/mol. The molecule has 0 saturated carbocycles. The Morgan fingerprint density at radius 2 is 2.12 bits per heavy atom. The molecule has 8 nitrogen and oxygen atoms in total. The van der Waals surface area contributed by atoms with Crippen LogP contribution < -0.4 is 10.1 Å². The van der Waals surface area contributed by atoms with Crippen molar-refractivity contribution in [3.8, 4) is 5.75 Å². The molecule has 0 aliphatic carbocycles. The molecule has 4 heterocycles. The molecule has 1 aliphatic rings. The Hall–Kier alpha value is -3.17. The standard InChI is InChI=1S/C24H24N4O4S/c1-13(21(29)27-15-6-5-7-16(9-15)30-4)33-23-20-19(25-12-26-23)17-8-14-11-31-24(2,3)10-18(14)28-22(17)32-20/h5-9,12-13H,10-11H2,1-4H3,(H,27,29)/t13-/m1/s1. The van der Waals surface area contributed by atoms with Gasteiger partial charge in [0.2, 0.25) is 11.6 Å². The van der Waals surface area contributed by atoms with E-state index in [0.29, 0.717) is 46.3 Å². The van der Waals surface area contributed by atoms with Crippen molar-refractivity contribution in [3.05, 3.63) is 47.9 Å². The van der Waals surface area contributed by atoms with Crippen LogP contribution in [0, 0.1) is 0 Å². The van der Waals surface area contributed by atoms with Gasteiger partial charge in [0.05, 0.1) is 35.6 Å². The maximum absolute atomic E-state index is 12.8. The third-order valence-electron chi connectivity index (χ3n) is 5.59. The molecule has 0 bridgehead atoms. The average Bonchev–Trinajstić information content (AvgIpc) is 3.15. The van der Waals surface area contributed by atoms with Crippen molar-refractivity contribution in [3.63, 3.8) is 0 Å². The van der Waals surface area contributed by atoms with Gasteiger partial charge in [0, 0.05) is 23.7 Å². The maximum atomic E-state index is 12.8. The molecule has 0 unspecified atom stereocenters. The van der Waals surface area contributed by atoms with E-state index in [4.69, 9.17) is 18.9 Å². The second-order valence-electron chi connectivity index (χ2n) is 8.61. The number of anilines is 1. The molecule has 3 aromatic heterocycles.